The Bertz CT molecular complexity index is 334. The Kier molecular flexibility index (Phi) is 7.15. The van der Waals surface area contributed by atoms with Crippen molar-refractivity contribution < 1.29 is 15.0 Å². The van der Waals surface area contributed by atoms with E-state index in [1.807, 2.05) is 0 Å². The van der Waals surface area contributed by atoms with Crippen LogP contribution in [0.15, 0.2) is 29.8 Å². The second kappa shape index (κ2) is 7.83. The summed E-state index contributed by atoms with van der Waals surface area (Å²) in [5, 5.41) is 0. The minimum atomic E-state index is 0.125. The zero-order valence-electron chi connectivity index (χ0n) is 8.76. The molecule has 0 N–H and O–H groups in total. The van der Waals surface area contributed by atoms with Crippen LogP contribution in [-0.4, -0.2) is 0 Å². The molecule has 0 nitrogen and oxygen atoms in total. The molecule has 0 fully saturated rings. The quantitative estimate of drug-likeness (QED) is 0.638. The van der Waals surface area contributed by atoms with E-state index in [0.717, 1.165) is 0 Å². The molecule has 1 aromatic carbocycles. The van der Waals surface area contributed by atoms with E-state index in [4.69, 9.17) is 0 Å². The molecule has 2 rings (SSSR count). The number of rotatable bonds is 2. The van der Waals surface area contributed by atoms with Crippen LogP contribution in [0.5, 0.6) is 0 Å². The van der Waals surface area contributed by atoms with Gasteiger partial charge in [-0.1, -0.05) is 49.3 Å². The Morgan fingerprint density at radius 3 is 2.53 bits per heavy atom. The summed E-state index contributed by atoms with van der Waals surface area (Å²) in [6.07, 6.45) is 6.05. The van der Waals surface area contributed by atoms with E-state index in [2.05, 4.69) is 63.6 Å². The molecule has 0 amide bonds. The molecule has 0 aliphatic heterocycles. The maximum atomic E-state index is 3.19. The molecule has 0 atom stereocenters. The van der Waals surface area contributed by atoms with Gasteiger partial charge in [-0.25, -0.2) is 0 Å². The summed E-state index contributed by atoms with van der Waals surface area (Å²) >= 11 is 6.50. The Balaban J connectivity index is 0.000000337. The fourth-order valence-corrected chi connectivity index (χ4v) is 1.83. The predicted octanol–water partition coefficient (Wildman–Crippen LogP) is 5.11. The summed E-state index contributed by atoms with van der Waals surface area (Å²) in [4.78, 5) is 0. The van der Waals surface area contributed by atoms with Crippen molar-refractivity contribution in [1.82, 2.24) is 0 Å². The first-order valence-corrected chi connectivity index (χ1v) is 12.8. The van der Waals surface area contributed by atoms with Crippen molar-refractivity contribution in [1.29, 1.82) is 0 Å². The molecular weight excluding hydrogens is 352 g/mol. The average molecular weight is 366 g/mol. The standard InChI is InChI=1S/C12H14.2BrH.Ti/c1-2-5-10-8-11-6-3-4-7-12(11)9-10;;;/h3-4,6-8H,2,5,9H2,1H3;2*1H;/q;;;+2/p-2. The van der Waals surface area contributed by atoms with Crippen molar-refractivity contribution in [2.24, 2.45) is 0 Å². The van der Waals surface area contributed by atoms with Crippen LogP contribution in [-0.2, 0) is 21.4 Å². The van der Waals surface area contributed by atoms with E-state index < -0.39 is 0 Å². The van der Waals surface area contributed by atoms with Gasteiger partial charge in [-0.05, 0) is 24.0 Å². The van der Waals surface area contributed by atoms with Gasteiger partial charge in [0, 0.05) is 0 Å². The van der Waals surface area contributed by atoms with E-state index in [9.17, 15) is 0 Å². The first-order valence-electron chi connectivity index (χ1n) is 5.05. The molecule has 0 bridgehead atoms. The normalized spacial score (nSPS) is 12.3. The molecule has 15 heavy (non-hydrogen) atoms. The van der Waals surface area contributed by atoms with Gasteiger partial charge in [0.15, 0.2) is 0 Å². The Hall–Kier alpha value is 0.634. The number of halogens is 2. The molecule has 0 radical (unpaired) electrons. The third-order valence-electron chi connectivity index (χ3n) is 2.40. The van der Waals surface area contributed by atoms with E-state index >= 15 is 0 Å². The number of benzene rings is 1. The number of hydrogen-bond donors (Lipinski definition) is 0. The van der Waals surface area contributed by atoms with Crippen molar-refractivity contribution in [3.05, 3.63) is 41.0 Å². The molecule has 80 valence electrons. The number of hydrogen-bond acceptors (Lipinski definition) is 0. The predicted molar refractivity (Wildman–Crippen MR) is 70.9 cm³/mol. The van der Waals surface area contributed by atoms with E-state index in [1.165, 1.54) is 30.4 Å². The zero-order valence-corrected chi connectivity index (χ0v) is 13.5. The molecule has 0 saturated carbocycles. The second-order valence-corrected chi connectivity index (χ2v) is 11.4. The van der Waals surface area contributed by atoms with Crippen molar-refractivity contribution in [3.63, 3.8) is 0 Å². The van der Waals surface area contributed by atoms with Gasteiger partial charge < -0.3 is 0 Å². The molecular formula is C12H14Br2Ti. The average Bonchev–Trinajstić information content (AvgIpc) is 2.61. The molecule has 3 heteroatoms. The summed E-state index contributed by atoms with van der Waals surface area (Å²) < 4.78 is 0. The van der Waals surface area contributed by atoms with Crippen molar-refractivity contribution in [2.75, 3.05) is 0 Å². The van der Waals surface area contributed by atoms with Gasteiger partial charge in [-0.3, -0.25) is 0 Å². The van der Waals surface area contributed by atoms with Gasteiger partial charge >= 0.3 is 41.3 Å². The third-order valence-corrected chi connectivity index (χ3v) is 2.40. The second-order valence-electron chi connectivity index (χ2n) is 3.50. The summed E-state index contributed by atoms with van der Waals surface area (Å²) in [6.45, 7) is 2.24. The Labute approximate surface area is 114 Å². The van der Waals surface area contributed by atoms with Gasteiger partial charge in [-0.2, -0.15) is 0 Å². The van der Waals surface area contributed by atoms with Gasteiger partial charge in [0.25, 0.3) is 0 Å². The fraction of sp³-hybridized carbons (Fsp3) is 0.333. The van der Waals surface area contributed by atoms with Crippen LogP contribution in [0.3, 0.4) is 0 Å². The molecule has 0 spiro atoms. The molecule has 0 unspecified atom stereocenters. The Morgan fingerprint density at radius 1 is 1.27 bits per heavy atom. The van der Waals surface area contributed by atoms with E-state index in [-0.39, 0.29) is 15.0 Å². The van der Waals surface area contributed by atoms with Crippen LogP contribution in [0.1, 0.15) is 30.9 Å². The Morgan fingerprint density at radius 2 is 1.93 bits per heavy atom. The zero-order chi connectivity index (χ0) is 11.1. The van der Waals surface area contributed by atoms with Crippen LogP contribution in [0.4, 0.5) is 0 Å². The number of fused-ring (bicyclic) bond motifs is 1. The van der Waals surface area contributed by atoms with Crippen LogP contribution in [0, 0.1) is 0 Å². The van der Waals surface area contributed by atoms with Crippen molar-refractivity contribution in [3.8, 4) is 0 Å². The molecule has 0 saturated heterocycles. The first-order chi connectivity index (χ1) is 7.31. The molecule has 1 aliphatic rings. The first kappa shape index (κ1) is 13.7. The maximum absolute atomic E-state index is 3.19. The van der Waals surface area contributed by atoms with E-state index in [1.54, 1.807) is 5.57 Å². The third kappa shape index (κ3) is 4.56. The molecule has 1 aliphatic carbocycles. The van der Waals surface area contributed by atoms with Crippen LogP contribution >= 0.6 is 26.3 Å². The molecule has 0 heterocycles. The van der Waals surface area contributed by atoms with Gasteiger partial charge in [0.2, 0.25) is 0 Å². The van der Waals surface area contributed by atoms with Crippen LogP contribution in [0.2, 0.25) is 0 Å². The van der Waals surface area contributed by atoms with Gasteiger partial charge in [0.05, 0.1) is 0 Å². The monoisotopic (exact) mass is 364 g/mol. The van der Waals surface area contributed by atoms with Gasteiger partial charge in [-0.15, -0.1) is 0 Å². The van der Waals surface area contributed by atoms with E-state index in [0.29, 0.717) is 0 Å². The minimum absolute atomic E-state index is 0.125. The molecule has 1 aromatic rings. The van der Waals surface area contributed by atoms with Gasteiger partial charge in [0.1, 0.15) is 0 Å². The molecule has 0 aromatic heterocycles. The topological polar surface area (TPSA) is 0 Å². The van der Waals surface area contributed by atoms with Crippen LogP contribution < -0.4 is 0 Å². The van der Waals surface area contributed by atoms with Crippen LogP contribution in [0.25, 0.3) is 6.08 Å². The van der Waals surface area contributed by atoms with Crippen molar-refractivity contribution in [2.45, 2.75) is 26.2 Å². The fourth-order valence-electron chi connectivity index (χ4n) is 1.83. The summed E-state index contributed by atoms with van der Waals surface area (Å²) in [5.41, 5.74) is 4.53. The summed E-state index contributed by atoms with van der Waals surface area (Å²) in [7, 11) is 0. The van der Waals surface area contributed by atoms with Crippen molar-refractivity contribution >= 4 is 32.4 Å². The number of allylic oxidation sites excluding steroid dienone is 1. The SMILES string of the molecule is CCCC1=Cc2ccccc2C1.[Br][Ti][Br]. The summed E-state index contributed by atoms with van der Waals surface area (Å²) in [6, 6.07) is 8.68. The summed E-state index contributed by atoms with van der Waals surface area (Å²) in [5.74, 6) is 0.